The summed E-state index contributed by atoms with van der Waals surface area (Å²) in [4.78, 5) is 50.1. The number of aromatic nitrogens is 1. The highest BCUT2D eigenvalue weighted by Gasteiger charge is 2.38. The molecule has 2 amide bonds. The van der Waals surface area contributed by atoms with Crippen molar-refractivity contribution in [1.82, 2.24) is 10.3 Å². The van der Waals surface area contributed by atoms with Gasteiger partial charge < -0.3 is 21.1 Å². The number of nitrogens with zero attached hydrogens (tertiary/aromatic N) is 1. The lowest BCUT2D eigenvalue weighted by atomic mass is 9.96. The zero-order valence-corrected chi connectivity index (χ0v) is 19.2. The molecule has 9 nitrogen and oxygen atoms in total. The number of Topliss-reactive ketones (excluding diaryl/α,β-unsaturated/α-hetero) is 1. The SMILES string of the molecule is CC(=O)c1ccc(NC(=O)C2CCNCC2)c(C(=O)Nc2ccc(Cl)cn2)c1.O=C(O)C(F)(F)F. The van der Waals surface area contributed by atoms with Gasteiger partial charge >= 0.3 is 12.1 Å². The molecule has 0 radical (unpaired) electrons. The Hall–Kier alpha value is -3.51. The molecular formula is C22H22ClF3N4O5. The number of hydrogen-bond acceptors (Lipinski definition) is 6. The van der Waals surface area contributed by atoms with E-state index in [0.717, 1.165) is 25.9 Å². The number of benzene rings is 1. The molecule has 13 heteroatoms. The largest absolute Gasteiger partial charge is 0.490 e. The molecule has 2 heterocycles. The number of carbonyl (C=O) groups excluding carboxylic acids is 3. The molecule has 1 aliphatic rings. The number of anilines is 2. The molecule has 1 aliphatic heterocycles. The number of carbonyl (C=O) groups is 4. The minimum Gasteiger partial charge on any atom is -0.475 e. The van der Waals surface area contributed by atoms with Gasteiger partial charge in [-0.05, 0) is 63.2 Å². The maximum atomic E-state index is 12.8. The summed E-state index contributed by atoms with van der Waals surface area (Å²) in [5, 5.41) is 16.3. The Kier molecular flexibility index (Phi) is 9.72. The highest BCUT2D eigenvalue weighted by atomic mass is 35.5. The molecule has 1 aromatic heterocycles. The number of nitrogens with one attached hydrogen (secondary N) is 3. The van der Waals surface area contributed by atoms with Gasteiger partial charge in [-0.3, -0.25) is 14.4 Å². The standard InChI is InChI=1S/C20H21ClN4O3.C2HF3O2/c1-12(26)14-2-4-17(24-19(27)13-6-8-22-9-7-13)16(10-14)20(28)25-18-5-3-15(21)11-23-18;3-2(4,5)1(6)7/h2-5,10-11,13,22H,6-9H2,1H3,(H,24,27)(H,23,25,28);(H,6,7). The molecule has 1 saturated heterocycles. The van der Waals surface area contributed by atoms with E-state index < -0.39 is 18.1 Å². The summed E-state index contributed by atoms with van der Waals surface area (Å²) in [6, 6.07) is 7.83. The third kappa shape index (κ3) is 8.65. The van der Waals surface area contributed by atoms with Crippen molar-refractivity contribution in [3.05, 3.63) is 52.7 Å². The Morgan fingerprint density at radius 3 is 2.23 bits per heavy atom. The Balaban J connectivity index is 0.000000540. The summed E-state index contributed by atoms with van der Waals surface area (Å²) in [6.07, 6.45) is -2.18. The number of amides is 2. The minimum atomic E-state index is -5.08. The van der Waals surface area contributed by atoms with Crippen molar-refractivity contribution in [2.45, 2.75) is 25.9 Å². The Morgan fingerprint density at radius 2 is 1.71 bits per heavy atom. The summed E-state index contributed by atoms with van der Waals surface area (Å²) in [5.41, 5.74) is 0.945. The van der Waals surface area contributed by atoms with E-state index in [9.17, 15) is 27.6 Å². The molecule has 0 spiro atoms. The van der Waals surface area contributed by atoms with E-state index in [1.165, 1.54) is 19.2 Å². The summed E-state index contributed by atoms with van der Waals surface area (Å²) < 4.78 is 31.7. The molecule has 188 valence electrons. The van der Waals surface area contributed by atoms with Crippen LogP contribution >= 0.6 is 11.6 Å². The average Bonchev–Trinajstić information content (AvgIpc) is 2.81. The van der Waals surface area contributed by atoms with E-state index in [0.29, 0.717) is 22.1 Å². The topological polar surface area (TPSA) is 137 Å². The summed E-state index contributed by atoms with van der Waals surface area (Å²) in [7, 11) is 0. The zero-order valence-electron chi connectivity index (χ0n) is 18.4. The molecule has 35 heavy (non-hydrogen) atoms. The van der Waals surface area contributed by atoms with Crippen LogP contribution in [0.1, 0.15) is 40.5 Å². The van der Waals surface area contributed by atoms with Crippen LogP contribution in [0, 0.1) is 5.92 Å². The van der Waals surface area contributed by atoms with E-state index in [1.807, 2.05) is 0 Å². The molecule has 0 saturated carbocycles. The quantitative estimate of drug-likeness (QED) is 0.446. The number of piperidine rings is 1. The van der Waals surface area contributed by atoms with Crippen LogP contribution in [0.2, 0.25) is 5.02 Å². The number of pyridine rings is 1. The zero-order chi connectivity index (χ0) is 26.2. The third-order valence-corrected chi connectivity index (χ3v) is 5.07. The second kappa shape index (κ2) is 12.3. The summed E-state index contributed by atoms with van der Waals surface area (Å²) in [6.45, 7) is 3.00. The average molecular weight is 515 g/mol. The first kappa shape index (κ1) is 27.7. The van der Waals surface area contributed by atoms with Crippen LogP contribution in [0.25, 0.3) is 0 Å². The fourth-order valence-electron chi connectivity index (χ4n) is 3.01. The molecule has 2 aromatic rings. The maximum Gasteiger partial charge on any atom is 0.490 e. The van der Waals surface area contributed by atoms with E-state index in [-0.39, 0.29) is 23.2 Å². The van der Waals surface area contributed by atoms with Gasteiger partial charge in [0.05, 0.1) is 16.3 Å². The maximum absolute atomic E-state index is 12.8. The first-order valence-corrected chi connectivity index (χ1v) is 10.7. The van der Waals surface area contributed by atoms with Gasteiger partial charge in [0.25, 0.3) is 5.91 Å². The van der Waals surface area contributed by atoms with Crippen LogP contribution in [0.5, 0.6) is 0 Å². The van der Waals surface area contributed by atoms with Crippen molar-refractivity contribution < 1.29 is 37.5 Å². The van der Waals surface area contributed by atoms with Crippen LogP contribution in [-0.2, 0) is 9.59 Å². The molecule has 0 atom stereocenters. The Morgan fingerprint density at radius 1 is 1.09 bits per heavy atom. The second-order valence-corrected chi connectivity index (χ2v) is 7.89. The second-order valence-electron chi connectivity index (χ2n) is 7.45. The summed E-state index contributed by atoms with van der Waals surface area (Å²) >= 11 is 5.81. The fourth-order valence-corrected chi connectivity index (χ4v) is 3.12. The van der Waals surface area contributed by atoms with Crippen LogP contribution in [0.4, 0.5) is 24.7 Å². The normalized spacial score (nSPS) is 13.7. The van der Waals surface area contributed by atoms with Crippen LogP contribution in [-0.4, -0.2) is 52.9 Å². The fraction of sp³-hybridized carbons (Fsp3) is 0.318. The summed E-state index contributed by atoms with van der Waals surface area (Å²) in [5.74, 6) is -3.32. The predicted octanol–water partition coefficient (Wildman–Crippen LogP) is 3.76. The van der Waals surface area contributed by atoms with E-state index in [4.69, 9.17) is 21.5 Å². The van der Waals surface area contributed by atoms with Gasteiger partial charge in [0.2, 0.25) is 5.91 Å². The van der Waals surface area contributed by atoms with E-state index >= 15 is 0 Å². The number of rotatable bonds is 5. The van der Waals surface area contributed by atoms with Gasteiger partial charge in [0.1, 0.15) is 5.82 Å². The van der Waals surface area contributed by atoms with Crippen LogP contribution in [0.15, 0.2) is 36.5 Å². The van der Waals surface area contributed by atoms with Crippen molar-refractivity contribution in [1.29, 1.82) is 0 Å². The van der Waals surface area contributed by atoms with E-state index in [1.54, 1.807) is 24.3 Å². The Bertz CT molecular complexity index is 1090. The first-order chi connectivity index (χ1) is 16.4. The van der Waals surface area contributed by atoms with Crippen LogP contribution in [0.3, 0.4) is 0 Å². The van der Waals surface area contributed by atoms with Crippen molar-refractivity contribution in [3.8, 4) is 0 Å². The number of hydrogen-bond donors (Lipinski definition) is 4. The smallest absolute Gasteiger partial charge is 0.475 e. The van der Waals surface area contributed by atoms with Crippen LogP contribution < -0.4 is 16.0 Å². The Labute approximate surface area is 203 Å². The number of carboxylic acids is 1. The van der Waals surface area contributed by atoms with Gasteiger partial charge in [-0.25, -0.2) is 9.78 Å². The third-order valence-electron chi connectivity index (χ3n) is 4.85. The van der Waals surface area contributed by atoms with Gasteiger partial charge in [-0.2, -0.15) is 13.2 Å². The first-order valence-electron chi connectivity index (χ1n) is 10.3. The number of aliphatic carboxylic acids is 1. The van der Waals surface area contributed by atoms with Gasteiger partial charge in [-0.1, -0.05) is 11.6 Å². The lowest BCUT2D eigenvalue weighted by Crippen LogP contribution is -2.35. The minimum absolute atomic E-state index is 0.109. The molecule has 0 unspecified atom stereocenters. The number of carboxylic acid groups (broad SMARTS) is 1. The van der Waals surface area contributed by atoms with Gasteiger partial charge in [-0.15, -0.1) is 0 Å². The lowest BCUT2D eigenvalue weighted by Gasteiger charge is -2.22. The molecule has 4 N–H and O–H groups in total. The highest BCUT2D eigenvalue weighted by molar-refractivity contribution is 6.30. The lowest BCUT2D eigenvalue weighted by molar-refractivity contribution is -0.192. The highest BCUT2D eigenvalue weighted by Crippen LogP contribution is 2.22. The monoisotopic (exact) mass is 514 g/mol. The predicted molar refractivity (Wildman–Crippen MR) is 122 cm³/mol. The number of halogens is 4. The molecule has 0 bridgehead atoms. The number of alkyl halides is 3. The van der Waals surface area contributed by atoms with Crippen molar-refractivity contribution >= 4 is 46.7 Å². The molecule has 1 fully saturated rings. The van der Waals surface area contributed by atoms with Crippen molar-refractivity contribution in [2.24, 2.45) is 5.92 Å². The van der Waals surface area contributed by atoms with Gasteiger partial charge in [0.15, 0.2) is 5.78 Å². The molecular weight excluding hydrogens is 493 g/mol. The molecule has 0 aliphatic carbocycles. The van der Waals surface area contributed by atoms with Gasteiger partial charge in [0, 0.05) is 17.7 Å². The number of ketones is 1. The molecule has 1 aromatic carbocycles. The van der Waals surface area contributed by atoms with Crippen molar-refractivity contribution in [2.75, 3.05) is 23.7 Å². The van der Waals surface area contributed by atoms with E-state index in [2.05, 4.69) is 20.9 Å². The van der Waals surface area contributed by atoms with Crippen molar-refractivity contribution in [3.63, 3.8) is 0 Å². The molecule has 3 rings (SSSR count).